The second-order valence-corrected chi connectivity index (χ2v) is 5.91. The lowest BCUT2D eigenvalue weighted by molar-refractivity contribution is 0.101. The van der Waals surface area contributed by atoms with Gasteiger partial charge in [-0.3, -0.25) is 4.79 Å². The molecule has 0 N–H and O–H groups in total. The molecule has 2 nitrogen and oxygen atoms in total. The van der Waals surface area contributed by atoms with Crippen LogP contribution in [0, 0.1) is 6.92 Å². The Morgan fingerprint density at radius 1 is 0.875 bits per heavy atom. The first-order chi connectivity index (χ1) is 11.6. The van der Waals surface area contributed by atoms with Crippen LogP contribution < -0.4 is 4.74 Å². The van der Waals surface area contributed by atoms with Crippen LogP contribution in [0.25, 0.3) is 11.1 Å². The maximum absolute atomic E-state index is 12.0. The van der Waals surface area contributed by atoms with Crippen LogP contribution in [0.1, 0.15) is 28.4 Å². The van der Waals surface area contributed by atoms with Crippen LogP contribution in [-0.4, -0.2) is 5.78 Å². The minimum absolute atomic E-state index is 0.00650. The van der Waals surface area contributed by atoms with E-state index in [0.717, 1.165) is 16.7 Å². The molecule has 3 aromatic rings. The summed E-state index contributed by atoms with van der Waals surface area (Å²) >= 11 is 0. The van der Waals surface area contributed by atoms with Crippen LogP contribution >= 0.6 is 0 Å². The van der Waals surface area contributed by atoms with Crippen molar-refractivity contribution in [2.45, 2.75) is 20.5 Å². The Bertz CT molecular complexity index is 834. The van der Waals surface area contributed by atoms with E-state index >= 15 is 0 Å². The topological polar surface area (TPSA) is 26.3 Å². The number of rotatable bonds is 5. The monoisotopic (exact) mass is 316 g/mol. The average Bonchev–Trinajstić information content (AvgIpc) is 2.61. The predicted molar refractivity (Wildman–Crippen MR) is 97.4 cm³/mol. The summed E-state index contributed by atoms with van der Waals surface area (Å²) in [5.74, 6) is 0.634. The Balaban J connectivity index is 1.87. The fourth-order valence-corrected chi connectivity index (χ4v) is 2.59. The molecule has 0 saturated carbocycles. The van der Waals surface area contributed by atoms with Gasteiger partial charge in [-0.15, -0.1) is 0 Å². The van der Waals surface area contributed by atoms with E-state index in [0.29, 0.717) is 17.9 Å². The molecule has 0 atom stereocenters. The molecule has 0 bridgehead atoms. The van der Waals surface area contributed by atoms with Gasteiger partial charge < -0.3 is 4.74 Å². The Morgan fingerprint density at radius 3 is 2.21 bits per heavy atom. The lowest BCUT2D eigenvalue weighted by Gasteiger charge is -2.12. The highest BCUT2D eigenvalue weighted by Crippen LogP contribution is 2.28. The number of ether oxygens (including phenoxy) is 1. The first-order valence-electron chi connectivity index (χ1n) is 8.02. The lowest BCUT2D eigenvalue weighted by Crippen LogP contribution is -2.02. The van der Waals surface area contributed by atoms with Crippen molar-refractivity contribution in [1.29, 1.82) is 0 Å². The largest absolute Gasteiger partial charge is 0.488 e. The lowest BCUT2D eigenvalue weighted by atomic mass is 10.00. The molecule has 0 aliphatic carbocycles. The van der Waals surface area contributed by atoms with Crippen molar-refractivity contribution in [3.05, 3.63) is 89.5 Å². The van der Waals surface area contributed by atoms with Gasteiger partial charge in [-0.25, -0.2) is 0 Å². The number of Topliss-reactive ketones (excluding diaryl/α,β-unsaturated/α-hetero) is 1. The van der Waals surface area contributed by atoms with Gasteiger partial charge in [0.05, 0.1) is 5.56 Å². The van der Waals surface area contributed by atoms with Crippen molar-refractivity contribution in [3.63, 3.8) is 0 Å². The van der Waals surface area contributed by atoms with Crippen LogP contribution in [0.2, 0.25) is 0 Å². The molecule has 0 heterocycles. The Labute approximate surface area is 142 Å². The standard InChI is InChI=1S/C22H20O2/c1-16-8-10-19(11-9-16)20-12-13-22(21(14-20)17(2)23)24-15-18-6-4-3-5-7-18/h3-14H,15H2,1-2H3. The van der Waals surface area contributed by atoms with Gasteiger partial charge in [-0.2, -0.15) is 0 Å². The number of hydrogen-bond donors (Lipinski definition) is 0. The Kier molecular flexibility index (Phi) is 4.76. The molecule has 0 unspecified atom stereocenters. The van der Waals surface area contributed by atoms with Crippen LogP contribution in [0.5, 0.6) is 5.75 Å². The molecule has 0 aliphatic heterocycles. The quantitative estimate of drug-likeness (QED) is 0.586. The summed E-state index contributed by atoms with van der Waals surface area (Å²) in [7, 11) is 0. The molecule has 3 aromatic carbocycles. The number of carbonyl (C=O) groups is 1. The molecule has 2 heteroatoms. The molecule has 0 radical (unpaired) electrons. The SMILES string of the molecule is CC(=O)c1cc(-c2ccc(C)cc2)ccc1OCc1ccccc1. The van der Waals surface area contributed by atoms with Crippen LogP contribution in [0.3, 0.4) is 0 Å². The fraction of sp³-hybridized carbons (Fsp3) is 0.136. The van der Waals surface area contributed by atoms with Gasteiger partial charge in [0.15, 0.2) is 5.78 Å². The smallest absolute Gasteiger partial charge is 0.163 e. The minimum atomic E-state index is 0.00650. The van der Waals surface area contributed by atoms with Crippen molar-refractivity contribution < 1.29 is 9.53 Å². The summed E-state index contributed by atoms with van der Waals surface area (Å²) in [5, 5.41) is 0. The number of hydrogen-bond acceptors (Lipinski definition) is 2. The minimum Gasteiger partial charge on any atom is -0.488 e. The van der Waals surface area contributed by atoms with Crippen LogP contribution in [0.4, 0.5) is 0 Å². The number of carbonyl (C=O) groups excluding carboxylic acids is 1. The first kappa shape index (κ1) is 16.0. The van der Waals surface area contributed by atoms with E-state index in [1.807, 2.05) is 48.5 Å². The van der Waals surface area contributed by atoms with Gasteiger partial charge in [0.2, 0.25) is 0 Å². The van der Waals surface area contributed by atoms with Crippen molar-refractivity contribution in [1.82, 2.24) is 0 Å². The highest BCUT2D eigenvalue weighted by atomic mass is 16.5. The predicted octanol–water partition coefficient (Wildman–Crippen LogP) is 5.44. The fourth-order valence-electron chi connectivity index (χ4n) is 2.59. The second kappa shape index (κ2) is 7.14. The number of aryl methyl sites for hydroxylation is 1. The van der Waals surface area contributed by atoms with Gasteiger partial charge in [0.1, 0.15) is 12.4 Å². The molecular weight excluding hydrogens is 296 g/mol. The summed E-state index contributed by atoms with van der Waals surface area (Å²) in [6.45, 7) is 4.08. The van der Waals surface area contributed by atoms with E-state index in [2.05, 4.69) is 31.2 Å². The summed E-state index contributed by atoms with van der Waals surface area (Å²) in [4.78, 5) is 12.0. The Hall–Kier alpha value is -2.87. The third-order valence-electron chi connectivity index (χ3n) is 3.98. The number of ketones is 1. The summed E-state index contributed by atoms with van der Waals surface area (Å²) in [5.41, 5.74) is 5.02. The molecule has 0 aliphatic rings. The van der Waals surface area contributed by atoms with Gasteiger partial charge in [-0.1, -0.05) is 66.2 Å². The highest BCUT2D eigenvalue weighted by Gasteiger charge is 2.11. The highest BCUT2D eigenvalue weighted by molar-refractivity contribution is 5.98. The zero-order chi connectivity index (χ0) is 16.9. The Morgan fingerprint density at radius 2 is 1.54 bits per heavy atom. The van der Waals surface area contributed by atoms with Crippen LogP contribution in [0.15, 0.2) is 72.8 Å². The zero-order valence-corrected chi connectivity index (χ0v) is 14.0. The molecular formula is C22H20O2. The van der Waals surface area contributed by atoms with Crippen molar-refractivity contribution in [3.8, 4) is 16.9 Å². The molecule has 24 heavy (non-hydrogen) atoms. The van der Waals surface area contributed by atoms with Crippen molar-refractivity contribution in [2.24, 2.45) is 0 Å². The third-order valence-corrected chi connectivity index (χ3v) is 3.98. The zero-order valence-electron chi connectivity index (χ0n) is 14.0. The van der Waals surface area contributed by atoms with E-state index in [-0.39, 0.29) is 5.78 Å². The van der Waals surface area contributed by atoms with E-state index in [1.54, 1.807) is 6.92 Å². The van der Waals surface area contributed by atoms with Gasteiger partial charge in [0.25, 0.3) is 0 Å². The maximum atomic E-state index is 12.0. The van der Waals surface area contributed by atoms with Gasteiger partial charge >= 0.3 is 0 Å². The van der Waals surface area contributed by atoms with E-state index in [9.17, 15) is 4.79 Å². The summed E-state index contributed by atoms with van der Waals surface area (Å²) < 4.78 is 5.87. The molecule has 0 saturated heterocycles. The normalized spacial score (nSPS) is 10.4. The molecule has 0 amide bonds. The molecule has 0 fully saturated rings. The number of benzene rings is 3. The maximum Gasteiger partial charge on any atom is 0.163 e. The van der Waals surface area contributed by atoms with E-state index < -0.39 is 0 Å². The van der Waals surface area contributed by atoms with Gasteiger partial charge in [-0.05, 0) is 42.7 Å². The molecule has 0 aromatic heterocycles. The molecule has 0 spiro atoms. The van der Waals surface area contributed by atoms with Crippen molar-refractivity contribution >= 4 is 5.78 Å². The summed E-state index contributed by atoms with van der Waals surface area (Å²) in [6, 6.07) is 24.0. The third kappa shape index (κ3) is 3.72. The van der Waals surface area contributed by atoms with Gasteiger partial charge in [0, 0.05) is 0 Å². The summed E-state index contributed by atoms with van der Waals surface area (Å²) in [6.07, 6.45) is 0. The van der Waals surface area contributed by atoms with E-state index in [4.69, 9.17) is 4.74 Å². The second-order valence-electron chi connectivity index (χ2n) is 5.91. The average molecular weight is 316 g/mol. The van der Waals surface area contributed by atoms with E-state index in [1.165, 1.54) is 5.56 Å². The van der Waals surface area contributed by atoms with Crippen molar-refractivity contribution in [2.75, 3.05) is 0 Å². The molecule has 3 rings (SSSR count). The molecule has 120 valence electrons. The first-order valence-corrected chi connectivity index (χ1v) is 8.02. The van der Waals surface area contributed by atoms with Crippen LogP contribution in [-0.2, 0) is 6.61 Å².